The molecular weight excluding hydrogens is 693 g/mol. The number of thiophene rings is 1. The Labute approximate surface area is 322 Å². The van der Waals surface area contributed by atoms with Gasteiger partial charge in [-0.05, 0) is 94.8 Å². The van der Waals surface area contributed by atoms with Crippen molar-refractivity contribution in [3.05, 3.63) is 204 Å². The third-order valence-electron chi connectivity index (χ3n) is 11.2. The number of benzene rings is 7. The lowest BCUT2D eigenvalue weighted by Gasteiger charge is -2.36. The second-order valence-electron chi connectivity index (χ2n) is 14.2. The predicted octanol–water partition coefficient (Wildman–Crippen LogP) is 14.4. The molecule has 256 valence electrons. The summed E-state index contributed by atoms with van der Waals surface area (Å²) in [5.74, 6) is 0. The number of thiazole rings is 1. The van der Waals surface area contributed by atoms with Gasteiger partial charge >= 0.3 is 0 Å². The number of hydrogen-bond donors (Lipinski definition) is 0. The van der Waals surface area contributed by atoms with E-state index in [-0.39, 0.29) is 0 Å². The van der Waals surface area contributed by atoms with E-state index >= 15 is 0 Å². The minimum Gasteiger partial charge on any atom is -0.310 e. The SMILES string of the molecule is C1=CC(C2(c3ccccc3)c3ccccc3-c3ccc(N(c4ccc5sc(-c6ccccc6)nc5c4)c4ccc5c(c4)sc4ccccc45)cc32)=CCC1. The lowest BCUT2D eigenvalue weighted by Crippen LogP contribution is -2.29. The summed E-state index contributed by atoms with van der Waals surface area (Å²) < 4.78 is 3.77. The molecule has 0 radical (unpaired) electrons. The lowest BCUT2D eigenvalue weighted by atomic mass is 9.66. The summed E-state index contributed by atoms with van der Waals surface area (Å²) in [6.45, 7) is 0. The fraction of sp³-hybridized carbons (Fsp3) is 0.0600. The van der Waals surface area contributed by atoms with Crippen LogP contribution in [0.1, 0.15) is 29.5 Å². The van der Waals surface area contributed by atoms with Crippen LogP contribution in [0.3, 0.4) is 0 Å². The molecule has 1 unspecified atom stereocenters. The van der Waals surface area contributed by atoms with Gasteiger partial charge in [-0.25, -0.2) is 4.98 Å². The molecule has 1 atom stereocenters. The van der Waals surface area contributed by atoms with Crippen molar-refractivity contribution >= 4 is 70.1 Å². The maximum absolute atomic E-state index is 5.18. The second-order valence-corrected chi connectivity index (χ2v) is 16.3. The van der Waals surface area contributed by atoms with Gasteiger partial charge in [0, 0.05) is 42.8 Å². The Morgan fingerprint density at radius 1 is 0.519 bits per heavy atom. The van der Waals surface area contributed by atoms with E-state index in [0.29, 0.717) is 0 Å². The fourth-order valence-electron chi connectivity index (χ4n) is 8.83. The standard InChI is InChI=1S/C50H34N2S2/c1-4-14-33(15-5-1)49-51-45-31-37(26-29-47(45)54-49)52(38-25-28-42-41-21-11-13-23-46(41)53-48(42)32-38)36-24-27-40-39-20-10-12-22-43(39)50(44(40)30-36,34-16-6-2-7-17-34)35-18-8-3-9-19-35/h1-2,4-8,10-32H,3,9H2. The van der Waals surface area contributed by atoms with Crippen LogP contribution in [0.15, 0.2) is 188 Å². The highest BCUT2D eigenvalue weighted by Crippen LogP contribution is 2.58. The number of anilines is 3. The van der Waals surface area contributed by atoms with Gasteiger partial charge in [0.25, 0.3) is 0 Å². The quantitative estimate of drug-likeness (QED) is 0.170. The molecule has 0 bridgehead atoms. The number of fused-ring (bicyclic) bond motifs is 7. The number of aromatic nitrogens is 1. The van der Waals surface area contributed by atoms with Gasteiger partial charge in [-0.1, -0.05) is 133 Å². The molecule has 0 aliphatic heterocycles. The van der Waals surface area contributed by atoms with Crippen molar-refractivity contribution in [1.82, 2.24) is 4.98 Å². The van der Waals surface area contributed by atoms with Gasteiger partial charge in [0.15, 0.2) is 0 Å². The average Bonchev–Trinajstić information content (AvgIpc) is 3.92. The number of hydrogen-bond acceptors (Lipinski definition) is 4. The van der Waals surface area contributed by atoms with Crippen LogP contribution in [-0.4, -0.2) is 4.98 Å². The van der Waals surface area contributed by atoms with E-state index in [1.54, 1.807) is 11.3 Å². The highest BCUT2D eigenvalue weighted by molar-refractivity contribution is 7.25. The van der Waals surface area contributed by atoms with Crippen molar-refractivity contribution in [2.45, 2.75) is 18.3 Å². The molecule has 0 spiro atoms. The van der Waals surface area contributed by atoms with Crippen molar-refractivity contribution in [1.29, 1.82) is 0 Å². The van der Waals surface area contributed by atoms with Crippen LogP contribution < -0.4 is 4.90 Å². The fourth-order valence-corrected chi connectivity index (χ4v) is 10.9. The summed E-state index contributed by atoms with van der Waals surface area (Å²) in [6, 6.07) is 60.3. The van der Waals surface area contributed by atoms with Crippen LogP contribution in [0.4, 0.5) is 17.1 Å². The molecule has 0 saturated carbocycles. The number of allylic oxidation sites excluding steroid dienone is 4. The topological polar surface area (TPSA) is 16.1 Å². The van der Waals surface area contributed by atoms with Crippen molar-refractivity contribution in [3.63, 3.8) is 0 Å². The second kappa shape index (κ2) is 12.5. The average molecular weight is 727 g/mol. The van der Waals surface area contributed by atoms with E-state index in [0.717, 1.165) is 46.0 Å². The first kappa shape index (κ1) is 31.5. The normalized spacial score (nSPS) is 16.1. The third-order valence-corrected chi connectivity index (χ3v) is 13.4. The van der Waals surface area contributed by atoms with Crippen LogP contribution in [0, 0.1) is 0 Å². The summed E-state index contributed by atoms with van der Waals surface area (Å²) in [5.41, 5.74) is 13.0. The Morgan fingerprint density at radius 3 is 2.09 bits per heavy atom. The van der Waals surface area contributed by atoms with E-state index in [9.17, 15) is 0 Å². The summed E-state index contributed by atoms with van der Waals surface area (Å²) in [4.78, 5) is 7.62. The van der Waals surface area contributed by atoms with Gasteiger partial charge in [0.2, 0.25) is 0 Å². The molecule has 7 aromatic carbocycles. The van der Waals surface area contributed by atoms with Gasteiger partial charge in [-0.3, -0.25) is 0 Å². The summed E-state index contributed by atoms with van der Waals surface area (Å²) in [6.07, 6.45) is 9.31. The molecule has 2 aliphatic carbocycles. The highest BCUT2D eigenvalue weighted by Gasteiger charge is 2.47. The van der Waals surface area contributed by atoms with Crippen LogP contribution in [-0.2, 0) is 5.41 Å². The highest BCUT2D eigenvalue weighted by atomic mass is 32.1. The first-order valence-corrected chi connectivity index (χ1v) is 20.2. The molecule has 2 aromatic heterocycles. The Morgan fingerprint density at radius 2 is 1.22 bits per heavy atom. The lowest BCUT2D eigenvalue weighted by molar-refractivity contribution is 0.751. The van der Waals surface area contributed by atoms with Crippen LogP contribution in [0.5, 0.6) is 0 Å². The summed E-state index contributed by atoms with van der Waals surface area (Å²) in [7, 11) is 0. The Balaban J connectivity index is 1.16. The zero-order chi connectivity index (χ0) is 35.6. The van der Waals surface area contributed by atoms with E-state index in [4.69, 9.17) is 4.98 Å². The van der Waals surface area contributed by atoms with Crippen molar-refractivity contribution in [2.24, 2.45) is 0 Å². The summed E-state index contributed by atoms with van der Waals surface area (Å²) in [5, 5.41) is 3.65. The van der Waals surface area contributed by atoms with Gasteiger partial charge in [-0.15, -0.1) is 22.7 Å². The zero-order valence-corrected chi connectivity index (χ0v) is 31.1. The molecule has 0 amide bonds. The molecule has 4 heteroatoms. The molecular formula is C50H34N2S2. The minimum atomic E-state index is -0.440. The molecule has 0 saturated heterocycles. The molecule has 0 N–H and O–H groups in total. The first-order valence-electron chi connectivity index (χ1n) is 18.6. The minimum absolute atomic E-state index is 0.440. The van der Waals surface area contributed by atoms with Gasteiger partial charge < -0.3 is 4.90 Å². The van der Waals surface area contributed by atoms with Crippen LogP contribution in [0.2, 0.25) is 0 Å². The van der Waals surface area contributed by atoms with Crippen LogP contribution in [0.25, 0.3) is 52.1 Å². The van der Waals surface area contributed by atoms with Crippen molar-refractivity contribution in [3.8, 4) is 21.7 Å². The molecule has 0 fully saturated rings. The van der Waals surface area contributed by atoms with Gasteiger partial charge in [0.05, 0.1) is 15.6 Å². The van der Waals surface area contributed by atoms with Crippen molar-refractivity contribution in [2.75, 3.05) is 4.90 Å². The first-order chi connectivity index (χ1) is 26.8. The maximum atomic E-state index is 5.18. The van der Waals surface area contributed by atoms with Crippen LogP contribution >= 0.6 is 22.7 Å². The van der Waals surface area contributed by atoms with E-state index in [1.165, 1.54) is 58.3 Å². The molecule has 9 aromatic rings. The Kier molecular flexibility index (Phi) is 7.29. The van der Waals surface area contributed by atoms with E-state index in [2.05, 4.69) is 187 Å². The maximum Gasteiger partial charge on any atom is 0.124 e. The molecule has 11 rings (SSSR count). The Bertz CT molecular complexity index is 2950. The van der Waals surface area contributed by atoms with E-state index in [1.807, 2.05) is 11.3 Å². The third kappa shape index (κ3) is 4.80. The van der Waals surface area contributed by atoms with E-state index < -0.39 is 5.41 Å². The van der Waals surface area contributed by atoms with Gasteiger partial charge in [0.1, 0.15) is 5.01 Å². The molecule has 2 nitrogen and oxygen atoms in total. The number of rotatable bonds is 6. The number of nitrogens with zero attached hydrogens (tertiary/aromatic N) is 2. The largest absolute Gasteiger partial charge is 0.310 e. The molecule has 54 heavy (non-hydrogen) atoms. The van der Waals surface area contributed by atoms with Crippen molar-refractivity contribution < 1.29 is 0 Å². The Hall–Kier alpha value is -6.07. The zero-order valence-electron chi connectivity index (χ0n) is 29.4. The molecule has 2 heterocycles. The smallest absolute Gasteiger partial charge is 0.124 e. The van der Waals surface area contributed by atoms with Gasteiger partial charge in [-0.2, -0.15) is 0 Å². The molecule has 2 aliphatic rings. The summed E-state index contributed by atoms with van der Waals surface area (Å²) >= 11 is 3.61. The predicted molar refractivity (Wildman–Crippen MR) is 231 cm³/mol. The monoisotopic (exact) mass is 726 g/mol.